The monoisotopic (exact) mass is 710 g/mol. The second kappa shape index (κ2) is 18.4. The van der Waals surface area contributed by atoms with Crippen LogP contribution in [0.3, 0.4) is 0 Å². The highest BCUT2D eigenvalue weighted by atomic mass is 16.5. The van der Waals surface area contributed by atoms with E-state index in [2.05, 4.69) is 60.8 Å². The van der Waals surface area contributed by atoms with Gasteiger partial charge >= 0.3 is 12.1 Å². The Hall–Kier alpha value is -4.09. The molecular weight excluding hydrogens is 648 g/mol. The first kappa shape index (κ1) is 41.3. The molecule has 1 fully saturated rings. The lowest BCUT2D eigenvalue weighted by atomic mass is 9.87. The number of ether oxygens (including phenoxy) is 1. The number of hydrogen-bond donors (Lipinski definition) is 5. The zero-order chi connectivity index (χ0) is 38.0. The molecule has 7 atom stereocenters. The average Bonchev–Trinajstić information content (AvgIpc) is 3.69. The largest absolute Gasteiger partial charge is 0.447 e. The van der Waals surface area contributed by atoms with Crippen LogP contribution in [0.1, 0.15) is 85.3 Å². The summed E-state index contributed by atoms with van der Waals surface area (Å²) in [6.45, 7) is 19.0. The van der Waals surface area contributed by atoms with Gasteiger partial charge in [-0.2, -0.15) is 0 Å². The SMILES string of the molecule is C=C(NC(CC(C)CCC)C(=O)C(N)=O)C(C)[C@H]1C[C@H]1CN(C)C(=O)C(NC(=O)NC(COC(=O)NCC)C(C)(C)C)C1Cc2ccccc2C1. The Labute approximate surface area is 304 Å². The van der Waals surface area contributed by atoms with Crippen molar-refractivity contribution in [3.8, 4) is 0 Å². The zero-order valence-corrected chi connectivity index (χ0v) is 32.0. The van der Waals surface area contributed by atoms with Gasteiger partial charge in [-0.3, -0.25) is 14.4 Å². The summed E-state index contributed by atoms with van der Waals surface area (Å²) in [6, 6.07) is 5.62. The van der Waals surface area contributed by atoms with Gasteiger partial charge in [0.1, 0.15) is 12.6 Å². The second-order valence-corrected chi connectivity index (χ2v) is 15.8. The van der Waals surface area contributed by atoms with Gasteiger partial charge in [-0.15, -0.1) is 0 Å². The number of Topliss-reactive ketones (excluding diaryl/α,β-unsaturated/α-hetero) is 1. The maximum atomic E-state index is 14.2. The second-order valence-electron chi connectivity index (χ2n) is 15.8. The van der Waals surface area contributed by atoms with Crippen LogP contribution in [-0.4, -0.2) is 79.5 Å². The van der Waals surface area contributed by atoms with Gasteiger partial charge in [0.05, 0.1) is 12.1 Å². The lowest BCUT2D eigenvalue weighted by Crippen LogP contribution is -2.58. The molecule has 0 saturated heterocycles. The third-order valence-corrected chi connectivity index (χ3v) is 10.6. The number of primary amides is 1. The zero-order valence-electron chi connectivity index (χ0n) is 32.0. The van der Waals surface area contributed by atoms with E-state index >= 15 is 0 Å². The molecule has 5 unspecified atom stereocenters. The van der Waals surface area contributed by atoms with Crippen LogP contribution in [-0.2, 0) is 32.0 Å². The fourth-order valence-electron chi connectivity index (χ4n) is 7.22. The summed E-state index contributed by atoms with van der Waals surface area (Å²) in [6.07, 6.45) is 4.07. The summed E-state index contributed by atoms with van der Waals surface area (Å²) in [4.78, 5) is 65.9. The Bertz CT molecular complexity index is 1380. The van der Waals surface area contributed by atoms with E-state index in [1.807, 2.05) is 32.9 Å². The smallest absolute Gasteiger partial charge is 0.407 e. The van der Waals surface area contributed by atoms with Gasteiger partial charge < -0.3 is 36.6 Å². The van der Waals surface area contributed by atoms with Gasteiger partial charge in [0, 0.05) is 25.8 Å². The number of likely N-dealkylation sites (N-methyl/N-ethyl adjacent to an activating group) is 1. The molecule has 0 heterocycles. The Kier molecular flexibility index (Phi) is 14.9. The molecular formula is C39H62N6O6. The number of ketones is 1. The Morgan fingerprint density at radius 2 is 1.65 bits per heavy atom. The lowest BCUT2D eigenvalue weighted by molar-refractivity contribution is -0.137. The van der Waals surface area contributed by atoms with Crippen LogP contribution in [0.4, 0.5) is 9.59 Å². The van der Waals surface area contributed by atoms with Crippen LogP contribution in [0, 0.1) is 35.0 Å². The molecule has 1 aromatic rings. The Morgan fingerprint density at radius 3 is 2.20 bits per heavy atom. The van der Waals surface area contributed by atoms with Crippen LogP contribution in [0.25, 0.3) is 0 Å². The number of carbonyl (C=O) groups excluding carboxylic acids is 5. The molecule has 0 aliphatic heterocycles. The van der Waals surface area contributed by atoms with E-state index in [1.165, 1.54) is 11.1 Å². The third kappa shape index (κ3) is 12.0. The molecule has 5 amide bonds. The molecule has 51 heavy (non-hydrogen) atoms. The van der Waals surface area contributed by atoms with Crippen molar-refractivity contribution in [2.75, 3.05) is 26.7 Å². The van der Waals surface area contributed by atoms with Crippen molar-refractivity contribution < 1.29 is 28.7 Å². The molecule has 284 valence electrons. The molecule has 1 saturated carbocycles. The number of rotatable bonds is 19. The molecule has 0 radical (unpaired) electrons. The minimum atomic E-state index is -0.954. The number of amides is 5. The molecule has 0 spiro atoms. The third-order valence-electron chi connectivity index (χ3n) is 10.6. The molecule has 12 nitrogen and oxygen atoms in total. The van der Waals surface area contributed by atoms with Crippen LogP contribution < -0.4 is 27.0 Å². The van der Waals surface area contributed by atoms with Gasteiger partial charge in [0.15, 0.2) is 0 Å². The number of fused-ring (bicyclic) bond motifs is 1. The fraction of sp³-hybridized carbons (Fsp3) is 0.667. The van der Waals surface area contributed by atoms with Gasteiger partial charge in [-0.05, 0) is 78.7 Å². The standard InChI is InChI=1S/C39H62N6O6/c1-10-14-23(3)17-31(34(46)35(40)47)42-25(5)24(4)30-20-29(30)21-45(9)36(48)33(28-18-26-15-12-13-16-27(26)19-28)44-37(49)43-32(39(6,7)8)22-51-38(50)41-11-2/h12-13,15-16,23-24,28-33,42H,5,10-11,14,17-22H2,1-4,6-9H3,(H2,40,47)(H,41,50)(H2,43,44,49)/t23?,24?,29-,30+,31?,32?,33?/m0/s1. The summed E-state index contributed by atoms with van der Waals surface area (Å²) < 4.78 is 5.36. The summed E-state index contributed by atoms with van der Waals surface area (Å²) in [7, 11) is 1.78. The number of nitrogens with zero attached hydrogens (tertiary/aromatic N) is 1. The number of benzene rings is 1. The normalized spacial score (nSPS) is 19.7. The highest BCUT2D eigenvalue weighted by molar-refractivity contribution is 6.37. The number of hydrogen-bond acceptors (Lipinski definition) is 7. The van der Waals surface area contributed by atoms with Gasteiger partial charge in [-0.1, -0.05) is 85.2 Å². The highest BCUT2D eigenvalue weighted by Crippen LogP contribution is 2.46. The molecule has 0 aromatic heterocycles. The average molecular weight is 711 g/mol. The minimum Gasteiger partial charge on any atom is -0.447 e. The van der Waals surface area contributed by atoms with Crippen LogP contribution in [0.5, 0.6) is 0 Å². The Balaban J connectivity index is 1.68. The van der Waals surface area contributed by atoms with Crippen molar-refractivity contribution in [3.63, 3.8) is 0 Å². The molecule has 12 heteroatoms. The molecule has 2 aliphatic rings. The molecule has 6 N–H and O–H groups in total. The maximum Gasteiger partial charge on any atom is 0.407 e. The summed E-state index contributed by atoms with van der Waals surface area (Å²) in [5.41, 5.74) is 7.97. The summed E-state index contributed by atoms with van der Waals surface area (Å²) >= 11 is 0. The minimum absolute atomic E-state index is 0.00292. The van der Waals surface area contributed by atoms with E-state index in [1.54, 1.807) is 18.9 Å². The van der Waals surface area contributed by atoms with Crippen molar-refractivity contribution in [1.82, 2.24) is 26.2 Å². The van der Waals surface area contributed by atoms with E-state index in [0.717, 1.165) is 19.3 Å². The number of carbonyl (C=O) groups is 5. The van der Waals surface area contributed by atoms with E-state index in [4.69, 9.17) is 10.5 Å². The first-order valence-corrected chi connectivity index (χ1v) is 18.5. The van der Waals surface area contributed by atoms with Gasteiger partial charge in [0.2, 0.25) is 11.7 Å². The number of nitrogens with two attached hydrogens (primary N) is 1. The van der Waals surface area contributed by atoms with E-state index in [9.17, 15) is 24.0 Å². The topological polar surface area (TPSA) is 172 Å². The first-order chi connectivity index (χ1) is 24.0. The summed E-state index contributed by atoms with van der Waals surface area (Å²) in [5, 5.41) is 11.8. The van der Waals surface area contributed by atoms with Crippen molar-refractivity contribution >= 4 is 29.7 Å². The lowest BCUT2D eigenvalue weighted by Gasteiger charge is -2.33. The van der Waals surface area contributed by atoms with Crippen molar-refractivity contribution in [2.45, 2.75) is 105 Å². The quantitative estimate of drug-likeness (QED) is 0.133. The number of allylic oxidation sites excluding steroid dienone is 1. The first-order valence-electron chi connectivity index (χ1n) is 18.5. The maximum absolute atomic E-state index is 14.2. The predicted molar refractivity (Wildman–Crippen MR) is 198 cm³/mol. The molecule has 1 aromatic carbocycles. The molecule has 3 rings (SSSR count). The number of alkyl carbamates (subject to hydrolysis) is 1. The van der Waals surface area contributed by atoms with Crippen molar-refractivity contribution in [1.29, 1.82) is 0 Å². The number of urea groups is 1. The van der Waals surface area contributed by atoms with Crippen molar-refractivity contribution in [3.05, 3.63) is 47.7 Å². The van der Waals surface area contributed by atoms with Gasteiger partial charge in [-0.25, -0.2) is 9.59 Å². The van der Waals surface area contributed by atoms with Crippen LogP contribution >= 0.6 is 0 Å². The van der Waals surface area contributed by atoms with Crippen molar-refractivity contribution in [2.24, 2.45) is 40.7 Å². The number of nitrogens with one attached hydrogen (secondary N) is 4. The summed E-state index contributed by atoms with van der Waals surface area (Å²) in [5.74, 6) is -1.19. The Morgan fingerprint density at radius 1 is 1.02 bits per heavy atom. The van der Waals surface area contributed by atoms with E-state index in [0.29, 0.717) is 38.0 Å². The van der Waals surface area contributed by atoms with Gasteiger partial charge in [0.25, 0.3) is 5.91 Å². The highest BCUT2D eigenvalue weighted by Gasteiger charge is 2.45. The molecule has 2 aliphatic carbocycles. The van der Waals surface area contributed by atoms with Crippen LogP contribution in [0.2, 0.25) is 0 Å². The van der Waals surface area contributed by atoms with E-state index in [-0.39, 0.29) is 42.1 Å². The fourth-order valence-corrected chi connectivity index (χ4v) is 7.22. The van der Waals surface area contributed by atoms with Crippen LogP contribution in [0.15, 0.2) is 36.5 Å². The van der Waals surface area contributed by atoms with E-state index < -0.39 is 47.4 Å². The molecule has 0 bridgehead atoms. The predicted octanol–water partition coefficient (Wildman–Crippen LogP) is 4.31.